The zero-order valence-electron chi connectivity index (χ0n) is 19.3. The Kier molecular flexibility index (Phi) is 8.53. The summed E-state index contributed by atoms with van der Waals surface area (Å²) in [6, 6.07) is 12.4. The van der Waals surface area contributed by atoms with Gasteiger partial charge in [-0.1, -0.05) is 19.1 Å². The molecule has 1 aromatic carbocycles. The summed E-state index contributed by atoms with van der Waals surface area (Å²) in [4.78, 5) is 16.5. The van der Waals surface area contributed by atoms with Crippen molar-refractivity contribution in [3.8, 4) is 5.75 Å². The van der Waals surface area contributed by atoms with Crippen molar-refractivity contribution < 1.29 is 4.74 Å². The summed E-state index contributed by atoms with van der Waals surface area (Å²) in [6.07, 6.45) is 1.90. The summed E-state index contributed by atoms with van der Waals surface area (Å²) in [6.45, 7) is 11.9. The van der Waals surface area contributed by atoms with Crippen LogP contribution in [-0.4, -0.2) is 74.2 Å². The molecule has 0 amide bonds. The minimum absolute atomic E-state index is 0.625. The van der Waals surface area contributed by atoms with Crippen LogP contribution in [0, 0.1) is 0 Å². The van der Waals surface area contributed by atoms with Crippen LogP contribution in [-0.2, 0) is 13.1 Å². The van der Waals surface area contributed by atoms with Gasteiger partial charge in [0.15, 0.2) is 5.96 Å². The van der Waals surface area contributed by atoms with E-state index in [1.807, 2.05) is 18.3 Å². The molecule has 7 heteroatoms. The second-order valence-corrected chi connectivity index (χ2v) is 7.82. The smallest absolute Gasteiger partial charge is 0.194 e. The van der Waals surface area contributed by atoms with E-state index >= 15 is 0 Å². The number of methoxy groups -OCH3 is 1. The monoisotopic (exact) mass is 424 g/mol. The lowest BCUT2D eigenvalue weighted by Crippen LogP contribution is -2.46. The van der Waals surface area contributed by atoms with E-state index in [1.165, 1.54) is 11.1 Å². The lowest BCUT2D eigenvalue weighted by molar-refractivity contribution is 0.270. The number of nitrogens with zero attached hydrogens (tertiary/aromatic N) is 5. The molecule has 7 nitrogen and oxygen atoms in total. The maximum Gasteiger partial charge on any atom is 0.194 e. The molecule has 1 aliphatic rings. The Bertz CT molecular complexity index is 830. The fourth-order valence-corrected chi connectivity index (χ4v) is 3.74. The Morgan fingerprint density at radius 3 is 2.48 bits per heavy atom. The molecule has 0 unspecified atom stereocenters. The Hall–Kier alpha value is -2.80. The van der Waals surface area contributed by atoms with Gasteiger partial charge in [-0.05, 0) is 48.9 Å². The predicted octanol–water partition coefficient (Wildman–Crippen LogP) is 2.83. The highest BCUT2D eigenvalue weighted by atomic mass is 16.5. The van der Waals surface area contributed by atoms with Gasteiger partial charge in [-0.15, -0.1) is 0 Å². The molecule has 0 spiro atoms. The number of hydrogen-bond donors (Lipinski definition) is 1. The van der Waals surface area contributed by atoms with Crippen molar-refractivity contribution in [3.63, 3.8) is 0 Å². The first-order valence-corrected chi connectivity index (χ1v) is 11.2. The van der Waals surface area contributed by atoms with E-state index in [-0.39, 0.29) is 0 Å². The molecule has 1 aliphatic heterocycles. The van der Waals surface area contributed by atoms with Crippen molar-refractivity contribution >= 4 is 11.8 Å². The summed E-state index contributed by atoms with van der Waals surface area (Å²) in [5.41, 5.74) is 2.39. The largest absolute Gasteiger partial charge is 0.497 e. The van der Waals surface area contributed by atoms with E-state index in [2.05, 4.69) is 70.2 Å². The highest BCUT2D eigenvalue weighted by Crippen LogP contribution is 2.16. The standard InChI is InChI=1S/C24H36N6O/c1-5-25-24(28(3)19-20-7-9-22(31-4)10-8-20)27-18-21-11-12-26-23(17-21)30-15-13-29(6-2)14-16-30/h7-12,17H,5-6,13-16,18-19H2,1-4H3,(H,25,27). The Morgan fingerprint density at radius 2 is 1.84 bits per heavy atom. The lowest BCUT2D eigenvalue weighted by Gasteiger charge is -2.34. The molecule has 0 atom stereocenters. The van der Waals surface area contributed by atoms with Gasteiger partial charge in [0, 0.05) is 52.5 Å². The first kappa shape index (κ1) is 22.9. The van der Waals surface area contributed by atoms with Crippen LogP contribution in [0.25, 0.3) is 0 Å². The van der Waals surface area contributed by atoms with Crippen molar-refractivity contribution in [2.75, 3.05) is 58.3 Å². The molecule has 168 valence electrons. The van der Waals surface area contributed by atoms with Gasteiger partial charge in [0.05, 0.1) is 13.7 Å². The number of nitrogens with one attached hydrogen (secondary N) is 1. The molecule has 31 heavy (non-hydrogen) atoms. The number of guanidine groups is 1. The third-order valence-corrected chi connectivity index (χ3v) is 5.64. The van der Waals surface area contributed by atoms with Gasteiger partial charge in [0.25, 0.3) is 0 Å². The van der Waals surface area contributed by atoms with Gasteiger partial charge in [-0.25, -0.2) is 9.98 Å². The van der Waals surface area contributed by atoms with Crippen LogP contribution in [0.5, 0.6) is 5.75 Å². The maximum absolute atomic E-state index is 5.25. The van der Waals surface area contributed by atoms with Crippen molar-refractivity contribution in [2.45, 2.75) is 26.9 Å². The number of benzene rings is 1. The summed E-state index contributed by atoms with van der Waals surface area (Å²) in [5.74, 6) is 2.82. The van der Waals surface area contributed by atoms with Gasteiger partial charge in [0.2, 0.25) is 0 Å². The maximum atomic E-state index is 5.25. The SMILES string of the molecule is CCNC(=NCc1ccnc(N2CCN(CC)CC2)c1)N(C)Cc1ccc(OC)cc1. The number of pyridine rings is 1. The average molecular weight is 425 g/mol. The van der Waals surface area contributed by atoms with Crippen LogP contribution in [0.2, 0.25) is 0 Å². The zero-order chi connectivity index (χ0) is 22.1. The molecule has 0 bridgehead atoms. The molecule has 2 aromatic rings. The van der Waals surface area contributed by atoms with Crippen LogP contribution < -0.4 is 15.0 Å². The summed E-state index contributed by atoms with van der Waals surface area (Å²) in [7, 11) is 3.75. The lowest BCUT2D eigenvalue weighted by atomic mass is 10.2. The van der Waals surface area contributed by atoms with Crippen LogP contribution >= 0.6 is 0 Å². The minimum Gasteiger partial charge on any atom is -0.497 e. The Morgan fingerprint density at radius 1 is 1.10 bits per heavy atom. The summed E-state index contributed by atoms with van der Waals surface area (Å²) >= 11 is 0. The highest BCUT2D eigenvalue weighted by Gasteiger charge is 2.17. The topological polar surface area (TPSA) is 56.2 Å². The molecule has 1 aromatic heterocycles. The predicted molar refractivity (Wildman–Crippen MR) is 128 cm³/mol. The number of aliphatic imine (C=N–C) groups is 1. The number of aromatic nitrogens is 1. The van der Waals surface area contributed by atoms with Crippen molar-refractivity contribution in [3.05, 3.63) is 53.7 Å². The minimum atomic E-state index is 0.625. The third kappa shape index (κ3) is 6.59. The number of ether oxygens (including phenoxy) is 1. The van der Waals surface area contributed by atoms with Crippen LogP contribution in [0.1, 0.15) is 25.0 Å². The van der Waals surface area contributed by atoms with Crippen molar-refractivity contribution in [2.24, 2.45) is 4.99 Å². The van der Waals surface area contributed by atoms with Gasteiger partial charge in [-0.3, -0.25) is 0 Å². The zero-order valence-corrected chi connectivity index (χ0v) is 19.3. The van der Waals surface area contributed by atoms with Crippen LogP contribution in [0.15, 0.2) is 47.6 Å². The number of anilines is 1. The van der Waals surface area contributed by atoms with Crippen molar-refractivity contribution in [1.82, 2.24) is 20.1 Å². The molecule has 1 N–H and O–H groups in total. The van der Waals surface area contributed by atoms with E-state index in [0.29, 0.717) is 6.54 Å². The van der Waals surface area contributed by atoms with E-state index in [4.69, 9.17) is 9.73 Å². The fraction of sp³-hybridized carbons (Fsp3) is 0.500. The summed E-state index contributed by atoms with van der Waals surface area (Å²) in [5, 5.41) is 3.40. The molecule has 2 heterocycles. The van der Waals surface area contributed by atoms with Crippen molar-refractivity contribution in [1.29, 1.82) is 0 Å². The fourth-order valence-electron chi connectivity index (χ4n) is 3.74. The highest BCUT2D eigenvalue weighted by molar-refractivity contribution is 5.79. The van der Waals surface area contributed by atoms with Gasteiger partial charge >= 0.3 is 0 Å². The molecule has 1 fully saturated rings. The second-order valence-electron chi connectivity index (χ2n) is 7.82. The Balaban J connectivity index is 1.64. The number of likely N-dealkylation sites (N-methyl/N-ethyl adjacent to an activating group) is 1. The van der Waals surface area contributed by atoms with Gasteiger partial charge in [-0.2, -0.15) is 0 Å². The van der Waals surface area contributed by atoms with E-state index < -0.39 is 0 Å². The quantitative estimate of drug-likeness (QED) is 0.520. The second kappa shape index (κ2) is 11.6. The molecular weight excluding hydrogens is 388 g/mol. The number of piperazine rings is 1. The van der Waals surface area contributed by atoms with E-state index in [0.717, 1.165) is 63.3 Å². The molecule has 1 saturated heterocycles. The first-order chi connectivity index (χ1) is 15.1. The van der Waals surface area contributed by atoms with Gasteiger partial charge < -0.3 is 24.8 Å². The third-order valence-electron chi connectivity index (χ3n) is 5.64. The van der Waals surface area contributed by atoms with E-state index in [9.17, 15) is 0 Å². The molecular formula is C24H36N6O. The van der Waals surface area contributed by atoms with Crippen LogP contribution in [0.3, 0.4) is 0 Å². The summed E-state index contributed by atoms with van der Waals surface area (Å²) < 4.78 is 5.25. The number of rotatable bonds is 8. The average Bonchev–Trinajstić information content (AvgIpc) is 2.82. The number of hydrogen-bond acceptors (Lipinski definition) is 5. The molecule has 0 aliphatic carbocycles. The molecule has 0 saturated carbocycles. The first-order valence-electron chi connectivity index (χ1n) is 11.2. The molecule has 3 rings (SSSR count). The Labute approximate surface area is 186 Å². The normalized spacial score (nSPS) is 15.1. The van der Waals surface area contributed by atoms with Gasteiger partial charge in [0.1, 0.15) is 11.6 Å². The van der Waals surface area contributed by atoms with Crippen LogP contribution in [0.4, 0.5) is 5.82 Å². The van der Waals surface area contributed by atoms with E-state index in [1.54, 1.807) is 7.11 Å². The molecule has 0 radical (unpaired) electrons.